The second kappa shape index (κ2) is 5.38. The number of aliphatic imine (C=N–C) groups is 1. The van der Waals surface area contributed by atoms with Gasteiger partial charge in [0.05, 0.1) is 5.56 Å². The first-order chi connectivity index (χ1) is 9.82. The van der Waals surface area contributed by atoms with Crippen molar-refractivity contribution in [3.8, 4) is 5.75 Å². The van der Waals surface area contributed by atoms with Crippen LogP contribution in [0, 0.1) is 0 Å². The van der Waals surface area contributed by atoms with Gasteiger partial charge in [0, 0.05) is 8.95 Å². The maximum absolute atomic E-state index is 12.5. The largest absolute Gasteiger partial charge is 0.534 e. The minimum Gasteiger partial charge on any atom is -0.466 e. The van der Waals surface area contributed by atoms with Gasteiger partial charge in [-0.15, -0.1) is 0 Å². The first-order valence-electron chi connectivity index (χ1n) is 5.61. The van der Waals surface area contributed by atoms with E-state index in [9.17, 15) is 21.6 Å². The summed E-state index contributed by atoms with van der Waals surface area (Å²) in [5, 5.41) is 0. The zero-order chi connectivity index (χ0) is 16.9. The Kier molecular flexibility index (Phi) is 4.29. The molecule has 1 aromatic rings. The van der Waals surface area contributed by atoms with Gasteiger partial charge in [0.1, 0.15) is 5.75 Å². The minimum absolute atomic E-state index is 0.0118. The Bertz CT molecular complexity index is 759. The third kappa shape index (κ3) is 3.40. The Morgan fingerprint density at radius 3 is 2.32 bits per heavy atom. The maximum Gasteiger partial charge on any atom is 0.534 e. The van der Waals surface area contributed by atoms with Crippen molar-refractivity contribution in [1.29, 1.82) is 0 Å². The smallest absolute Gasteiger partial charge is 0.466 e. The first-order valence-corrected chi connectivity index (χ1v) is 8.61. The molecule has 5 nitrogen and oxygen atoms in total. The monoisotopic (exact) mass is 465 g/mol. The van der Waals surface area contributed by atoms with E-state index in [-0.39, 0.29) is 11.3 Å². The second-order valence-electron chi connectivity index (χ2n) is 4.71. The van der Waals surface area contributed by atoms with Crippen LogP contribution in [0.3, 0.4) is 0 Å². The van der Waals surface area contributed by atoms with E-state index in [0.29, 0.717) is 8.95 Å². The molecule has 0 aromatic heterocycles. The number of fused-ring (bicyclic) bond motifs is 1. The summed E-state index contributed by atoms with van der Waals surface area (Å²) in [4.78, 5) is 3.78. The summed E-state index contributed by atoms with van der Waals surface area (Å²) in [6.07, 6.45) is 0. The average molecular weight is 467 g/mol. The highest BCUT2D eigenvalue weighted by Gasteiger charge is 2.50. The molecule has 0 N–H and O–H groups in total. The molecule has 1 aromatic carbocycles. The number of halogens is 5. The van der Waals surface area contributed by atoms with E-state index in [1.807, 2.05) is 0 Å². The SMILES string of the molecule is CC1(C)N=C(OS(=O)(=O)C(F)(F)F)c2cc(Br)c(Br)cc2O1. The lowest BCUT2D eigenvalue weighted by Gasteiger charge is -2.29. The molecule has 122 valence electrons. The Balaban J connectivity index is 2.56. The fourth-order valence-electron chi connectivity index (χ4n) is 1.59. The molecule has 0 fully saturated rings. The van der Waals surface area contributed by atoms with E-state index in [4.69, 9.17) is 4.74 Å². The van der Waals surface area contributed by atoms with Crippen molar-refractivity contribution in [2.24, 2.45) is 4.99 Å². The van der Waals surface area contributed by atoms with E-state index < -0.39 is 27.2 Å². The topological polar surface area (TPSA) is 65.0 Å². The lowest BCUT2D eigenvalue weighted by Crippen LogP contribution is -2.36. The van der Waals surface area contributed by atoms with Crippen molar-refractivity contribution in [3.63, 3.8) is 0 Å². The van der Waals surface area contributed by atoms with E-state index in [1.54, 1.807) is 0 Å². The molecule has 0 atom stereocenters. The Morgan fingerprint density at radius 2 is 1.77 bits per heavy atom. The van der Waals surface area contributed by atoms with E-state index in [0.717, 1.165) is 0 Å². The van der Waals surface area contributed by atoms with Crippen LogP contribution in [0.1, 0.15) is 19.4 Å². The molecule has 0 saturated carbocycles. The van der Waals surface area contributed by atoms with Gasteiger partial charge in [-0.2, -0.15) is 21.6 Å². The summed E-state index contributed by atoms with van der Waals surface area (Å²) >= 11 is 6.38. The fourth-order valence-corrected chi connectivity index (χ4v) is 2.69. The number of nitrogens with zero attached hydrogens (tertiary/aromatic N) is 1. The highest BCUT2D eigenvalue weighted by molar-refractivity contribution is 9.13. The molecular weight excluding hydrogens is 459 g/mol. The molecule has 1 aliphatic heterocycles. The zero-order valence-electron chi connectivity index (χ0n) is 11.0. The standard InChI is InChI=1S/C11H8Br2F3NO4S/c1-10(2)17-9(21-22(18,19)11(14,15)16)5-3-6(12)7(13)4-8(5)20-10/h3-4H,1-2H3. The molecule has 1 aliphatic rings. The van der Waals surface area contributed by atoms with Crippen molar-refractivity contribution < 1.29 is 30.5 Å². The third-order valence-electron chi connectivity index (χ3n) is 2.46. The van der Waals surface area contributed by atoms with Gasteiger partial charge in [-0.3, -0.25) is 0 Å². The van der Waals surface area contributed by atoms with Crippen molar-refractivity contribution >= 4 is 47.9 Å². The predicted molar refractivity (Wildman–Crippen MR) is 79.1 cm³/mol. The quantitative estimate of drug-likeness (QED) is 0.464. The van der Waals surface area contributed by atoms with Crippen LogP contribution >= 0.6 is 31.9 Å². The molecule has 11 heteroatoms. The number of alkyl halides is 3. The van der Waals surface area contributed by atoms with E-state index in [1.165, 1.54) is 26.0 Å². The Labute approximate surface area is 140 Å². The number of ether oxygens (including phenoxy) is 1. The van der Waals surface area contributed by atoms with Crippen LogP contribution in [0.5, 0.6) is 5.75 Å². The number of rotatable bonds is 1. The molecule has 0 amide bonds. The first kappa shape index (κ1) is 17.5. The van der Waals surface area contributed by atoms with Gasteiger partial charge in [-0.1, -0.05) is 0 Å². The van der Waals surface area contributed by atoms with Crippen LogP contribution in [0.25, 0.3) is 0 Å². The normalized spacial score (nSPS) is 17.3. The zero-order valence-corrected chi connectivity index (χ0v) is 15.0. The molecule has 0 unspecified atom stereocenters. The summed E-state index contributed by atoms with van der Waals surface area (Å²) in [6.45, 7) is 2.91. The van der Waals surface area contributed by atoms with Gasteiger partial charge < -0.3 is 8.92 Å². The van der Waals surface area contributed by atoms with Gasteiger partial charge in [0.15, 0.2) is 5.72 Å². The van der Waals surface area contributed by atoms with Crippen molar-refractivity contribution in [2.75, 3.05) is 0 Å². The third-order valence-corrected chi connectivity index (χ3v) is 5.24. The molecule has 0 spiro atoms. The maximum atomic E-state index is 12.5. The Morgan fingerprint density at radius 1 is 1.23 bits per heavy atom. The van der Waals surface area contributed by atoms with Gasteiger partial charge in [0.2, 0.25) is 5.90 Å². The summed E-state index contributed by atoms with van der Waals surface area (Å²) < 4.78 is 70.6. The van der Waals surface area contributed by atoms with Crippen molar-refractivity contribution in [1.82, 2.24) is 0 Å². The van der Waals surface area contributed by atoms with Gasteiger partial charge >= 0.3 is 15.6 Å². The molecule has 0 saturated heterocycles. The van der Waals surface area contributed by atoms with Crippen LogP contribution in [-0.4, -0.2) is 25.5 Å². The van der Waals surface area contributed by atoms with Crippen LogP contribution in [0.2, 0.25) is 0 Å². The van der Waals surface area contributed by atoms with Crippen molar-refractivity contribution in [2.45, 2.75) is 25.1 Å². The highest BCUT2D eigenvalue weighted by atomic mass is 79.9. The number of hydrogen-bond acceptors (Lipinski definition) is 5. The van der Waals surface area contributed by atoms with Crippen LogP contribution in [0.15, 0.2) is 26.1 Å². The molecule has 2 rings (SSSR count). The summed E-state index contributed by atoms with van der Waals surface area (Å²) in [7, 11) is -5.83. The summed E-state index contributed by atoms with van der Waals surface area (Å²) in [6, 6.07) is 2.82. The molecule has 0 aliphatic carbocycles. The lowest BCUT2D eigenvalue weighted by atomic mass is 10.1. The molecule has 0 radical (unpaired) electrons. The predicted octanol–water partition coefficient (Wildman–Crippen LogP) is 3.95. The van der Waals surface area contributed by atoms with E-state index in [2.05, 4.69) is 41.0 Å². The van der Waals surface area contributed by atoms with Crippen LogP contribution in [0.4, 0.5) is 13.2 Å². The fraction of sp³-hybridized carbons (Fsp3) is 0.364. The van der Waals surface area contributed by atoms with E-state index >= 15 is 0 Å². The number of hydrogen-bond donors (Lipinski definition) is 0. The van der Waals surface area contributed by atoms with Gasteiger partial charge in [-0.25, -0.2) is 4.99 Å². The second-order valence-corrected chi connectivity index (χ2v) is 7.96. The lowest BCUT2D eigenvalue weighted by molar-refractivity contribution is -0.0506. The average Bonchev–Trinajstić information content (AvgIpc) is 2.28. The Hall–Kier alpha value is -0.810. The molecule has 22 heavy (non-hydrogen) atoms. The van der Waals surface area contributed by atoms with Crippen LogP contribution in [-0.2, 0) is 14.3 Å². The molecule has 0 bridgehead atoms. The number of benzene rings is 1. The highest BCUT2D eigenvalue weighted by Crippen LogP contribution is 2.38. The van der Waals surface area contributed by atoms with Crippen LogP contribution < -0.4 is 4.74 Å². The summed E-state index contributed by atoms with van der Waals surface area (Å²) in [5.74, 6) is -0.542. The minimum atomic E-state index is -5.83. The molecule has 1 heterocycles. The van der Waals surface area contributed by atoms with Crippen molar-refractivity contribution in [3.05, 3.63) is 26.6 Å². The summed E-state index contributed by atoms with van der Waals surface area (Å²) in [5.41, 5.74) is -6.84. The van der Waals surface area contributed by atoms with Gasteiger partial charge in [0.25, 0.3) is 0 Å². The van der Waals surface area contributed by atoms with Gasteiger partial charge in [-0.05, 0) is 57.8 Å². The molecular formula is C11H8Br2F3NO4S.